The fraction of sp³-hybridized carbons (Fsp3) is 0.154. The molecule has 0 atom stereocenters. The topological polar surface area (TPSA) is 98.0 Å². The second-order valence-corrected chi connectivity index (χ2v) is 4.18. The second-order valence-electron chi connectivity index (χ2n) is 4.18. The number of carbonyl (C=O) groups is 1. The van der Waals surface area contributed by atoms with Crippen LogP contribution in [0.25, 0.3) is 22.2 Å². The van der Waals surface area contributed by atoms with Gasteiger partial charge in [0, 0.05) is 6.54 Å². The van der Waals surface area contributed by atoms with E-state index in [2.05, 4.69) is 15.1 Å². The Hall–Kier alpha value is -2.83. The van der Waals surface area contributed by atoms with Crippen LogP contribution in [0.4, 0.5) is 0 Å². The Morgan fingerprint density at radius 1 is 1.25 bits per heavy atom. The Morgan fingerprint density at radius 3 is 2.50 bits per heavy atom. The number of rotatable bonds is 2. The molecule has 1 aromatic carbocycles. The lowest BCUT2D eigenvalue weighted by Gasteiger charge is -2.08. The highest BCUT2D eigenvalue weighted by Crippen LogP contribution is 2.13. The van der Waals surface area contributed by atoms with Crippen LogP contribution in [0.2, 0.25) is 0 Å². The highest BCUT2D eigenvalue weighted by molar-refractivity contribution is 5.90. The van der Waals surface area contributed by atoms with Crippen LogP contribution in [0.15, 0.2) is 29.1 Å². The minimum atomic E-state index is -1.37. The van der Waals surface area contributed by atoms with E-state index in [0.29, 0.717) is 23.2 Å². The number of nitrogens with zero attached hydrogens (tertiary/aromatic N) is 4. The number of aromatic nitrogens is 4. The van der Waals surface area contributed by atoms with Crippen LogP contribution in [-0.2, 0) is 6.54 Å². The van der Waals surface area contributed by atoms with Crippen molar-refractivity contribution in [2.45, 2.75) is 13.5 Å². The van der Waals surface area contributed by atoms with E-state index in [0.717, 1.165) is 0 Å². The van der Waals surface area contributed by atoms with E-state index in [-0.39, 0.29) is 5.52 Å². The van der Waals surface area contributed by atoms with Crippen LogP contribution in [0.1, 0.15) is 17.4 Å². The van der Waals surface area contributed by atoms with E-state index < -0.39 is 17.1 Å². The summed E-state index contributed by atoms with van der Waals surface area (Å²) in [5.74, 6) is -1.37. The average molecular weight is 270 g/mol. The molecule has 0 aliphatic heterocycles. The fourth-order valence-electron chi connectivity index (χ4n) is 2.01. The third-order valence-corrected chi connectivity index (χ3v) is 2.95. The van der Waals surface area contributed by atoms with E-state index in [4.69, 9.17) is 5.11 Å². The number of aryl methyl sites for hydroxylation is 1. The van der Waals surface area contributed by atoms with E-state index in [1.54, 1.807) is 25.1 Å². The van der Waals surface area contributed by atoms with Crippen molar-refractivity contribution in [3.63, 3.8) is 0 Å². The van der Waals surface area contributed by atoms with Crippen LogP contribution in [0, 0.1) is 0 Å². The summed E-state index contributed by atoms with van der Waals surface area (Å²) in [6.07, 6.45) is 0. The van der Waals surface area contributed by atoms with Gasteiger partial charge in [0.2, 0.25) is 11.1 Å². The lowest BCUT2D eigenvalue weighted by molar-refractivity contribution is 0.0686. The lowest BCUT2D eigenvalue weighted by Crippen LogP contribution is -2.24. The first kappa shape index (κ1) is 12.2. The molecular formula is C13H10N4O3. The summed E-state index contributed by atoms with van der Waals surface area (Å²) >= 11 is 0. The number of carboxylic acids is 1. The van der Waals surface area contributed by atoms with Gasteiger partial charge in [0.1, 0.15) is 0 Å². The molecule has 3 aromatic rings. The van der Waals surface area contributed by atoms with Gasteiger partial charge >= 0.3 is 5.97 Å². The molecule has 0 bridgehead atoms. The van der Waals surface area contributed by atoms with Gasteiger partial charge in [-0.15, -0.1) is 0 Å². The SMILES string of the molecule is CCn1nc(C(=O)O)c(=O)c2nc3ccccc3nc21. The normalized spacial score (nSPS) is 11.1. The minimum Gasteiger partial charge on any atom is -0.476 e. The molecule has 0 amide bonds. The summed E-state index contributed by atoms with van der Waals surface area (Å²) < 4.78 is 1.37. The number of aromatic carboxylic acids is 1. The van der Waals surface area contributed by atoms with Crippen molar-refractivity contribution in [3.8, 4) is 0 Å². The lowest BCUT2D eigenvalue weighted by atomic mass is 10.2. The van der Waals surface area contributed by atoms with E-state index in [1.807, 2.05) is 6.07 Å². The number of para-hydroxylation sites is 2. The monoisotopic (exact) mass is 270 g/mol. The van der Waals surface area contributed by atoms with E-state index >= 15 is 0 Å². The van der Waals surface area contributed by atoms with Gasteiger partial charge in [-0.2, -0.15) is 5.10 Å². The fourth-order valence-corrected chi connectivity index (χ4v) is 2.01. The highest BCUT2D eigenvalue weighted by Gasteiger charge is 2.18. The number of hydrogen-bond acceptors (Lipinski definition) is 5. The smallest absolute Gasteiger partial charge is 0.360 e. The predicted octanol–water partition coefficient (Wildman–Crippen LogP) is 1.06. The molecule has 20 heavy (non-hydrogen) atoms. The first-order chi connectivity index (χ1) is 9.61. The molecule has 0 aliphatic rings. The quantitative estimate of drug-likeness (QED) is 0.699. The van der Waals surface area contributed by atoms with E-state index in [1.165, 1.54) is 4.68 Å². The second kappa shape index (κ2) is 4.37. The molecule has 3 rings (SSSR count). The maximum Gasteiger partial charge on any atom is 0.360 e. The zero-order valence-corrected chi connectivity index (χ0v) is 10.6. The van der Waals surface area contributed by atoms with Crippen LogP contribution < -0.4 is 5.43 Å². The molecular weight excluding hydrogens is 260 g/mol. The maximum absolute atomic E-state index is 12.1. The van der Waals surface area contributed by atoms with Crippen molar-refractivity contribution in [2.24, 2.45) is 0 Å². The molecule has 0 spiro atoms. The number of carboxylic acid groups (broad SMARTS) is 1. The van der Waals surface area contributed by atoms with Gasteiger partial charge in [0.05, 0.1) is 11.0 Å². The first-order valence-corrected chi connectivity index (χ1v) is 6.02. The molecule has 0 aliphatic carbocycles. The summed E-state index contributed by atoms with van der Waals surface area (Å²) in [6.45, 7) is 2.18. The Labute approximate surface area is 112 Å². The molecule has 2 heterocycles. The van der Waals surface area contributed by atoms with Gasteiger partial charge in [0.15, 0.2) is 11.2 Å². The van der Waals surface area contributed by atoms with Gasteiger partial charge in [0.25, 0.3) is 0 Å². The third kappa shape index (κ3) is 1.71. The molecule has 7 nitrogen and oxygen atoms in total. The molecule has 0 fully saturated rings. The summed E-state index contributed by atoms with van der Waals surface area (Å²) in [5, 5.41) is 12.9. The standard InChI is InChI=1S/C13H10N4O3/c1-2-17-12-9(11(18)10(16-17)13(19)20)14-7-5-3-4-6-8(7)15-12/h3-6H,2H2,1H3,(H,19,20). The Morgan fingerprint density at radius 2 is 1.90 bits per heavy atom. The van der Waals surface area contributed by atoms with Crippen LogP contribution in [-0.4, -0.2) is 30.8 Å². The van der Waals surface area contributed by atoms with Gasteiger partial charge in [-0.3, -0.25) is 4.79 Å². The molecule has 0 radical (unpaired) electrons. The number of benzene rings is 1. The summed E-state index contributed by atoms with van der Waals surface area (Å²) in [5.41, 5.74) is 0.243. The Balaban J connectivity index is 2.53. The maximum atomic E-state index is 12.1. The molecule has 2 aromatic heterocycles. The van der Waals surface area contributed by atoms with Crippen molar-refractivity contribution < 1.29 is 9.90 Å². The molecule has 7 heteroatoms. The first-order valence-electron chi connectivity index (χ1n) is 6.02. The van der Waals surface area contributed by atoms with Gasteiger partial charge in [-0.05, 0) is 19.1 Å². The molecule has 0 saturated heterocycles. The zero-order chi connectivity index (χ0) is 14.3. The zero-order valence-electron chi connectivity index (χ0n) is 10.6. The number of fused-ring (bicyclic) bond motifs is 2. The van der Waals surface area contributed by atoms with Crippen molar-refractivity contribution >= 4 is 28.2 Å². The Kier molecular flexibility index (Phi) is 2.67. The molecule has 1 N–H and O–H groups in total. The third-order valence-electron chi connectivity index (χ3n) is 2.95. The van der Waals surface area contributed by atoms with Gasteiger partial charge in [-0.25, -0.2) is 19.4 Å². The van der Waals surface area contributed by atoms with Crippen molar-refractivity contribution in [1.29, 1.82) is 0 Å². The largest absolute Gasteiger partial charge is 0.476 e. The highest BCUT2D eigenvalue weighted by atomic mass is 16.4. The molecule has 100 valence electrons. The number of hydrogen-bond donors (Lipinski definition) is 1. The van der Waals surface area contributed by atoms with Crippen LogP contribution >= 0.6 is 0 Å². The predicted molar refractivity (Wildman–Crippen MR) is 71.7 cm³/mol. The van der Waals surface area contributed by atoms with Gasteiger partial charge < -0.3 is 5.11 Å². The van der Waals surface area contributed by atoms with E-state index in [9.17, 15) is 9.59 Å². The van der Waals surface area contributed by atoms with Crippen molar-refractivity contribution in [1.82, 2.24) is 19.7 Å². The summed E-state index contributed by atoms with van der Waals surface area (Å²) in [7, 11) is 0. The average Bonchev–Trinajstić information content (AvgIpc) is 2.46. The Bertz CT molecular complexity index is 901. The van der Waals surface area contributed by atoms with Crippen LogP contribution in [0.5, 0.6) is 0 Å². The summed E-state index contributed by atoms with van der Waals surface area (Å²) in [4.78, 5) is 31.8. The minimum absolute atomic E-state index is 0.0259. The van der Waals surface area contributed by atoms with Crippen molar-refractivity contribution in [3.05, 3.63) is 40.2 Å². The molecule has 0 saturated carbocycles. The van der Waals surface area contributed by atoms with Crippen LogP contribution in [0.3, 0.4) is 0 Å². The molecule has 0 unspecified atom stereocenters. The summed E-state index contributed by atoms with van der Waals surface area (Å²) in [6, 6.07) is 7.09. The van der Waals surface area contributed by atoms with Crippen molar-refractivity contribution in [2.75, 3.05) is 0 Å². The van der Waals surface area contributed by atoms with Gasteiger partial charge in [-0.1, -0.05) is 12.1 Å².